The van der Waals surface area contributed by atoms with Gasteiger partial charge in [0.1, 0.15) is 5.82 Å². The summed E-state index contributed by atoms with van der Waals surface area (Å²) in [5.74, 6) is 0.351. The number of benzene rings is 2. The van der Waals surface area contributed by atoms with Gasteiger partial charge in [0.2, 0.25) is 11.8 Å². The third-order valence-corrected chi connectivity index (χ3v) is 4.39. The Balaban J connectivity index is 1.56. The first-order chi connectivity index (χ1) is 12.1. The van der Waals surface area contributed by atoms with E-state index in [0.717, 1.165) is 24.0 Å². The summed E-state index contributed by atoms with van der Waals surface area (Å²) in [7, 11) is 0. The van der Waals surface area contributed by atoms with E-state index in [1.807, 2.05) is 6.07 Å². The van der Waals surface area contributed by atoms with Crippen LogP contribution in [0.5, 0.6) is 0 Å². The van der Waals surface area contributed by atoms with E-state index in [1.165, 1.54) is 12.1 Å². The first-order valence-corrected chi connectivity index (χ1v) is 8.10. The molecular weight excluding hydrogens is 321 g/mol. The van der Waals surface area contributed by atoms with Crippen LogP contribution in [0.3, 0.4) is 0 Å². The predicted molar refractivity (Wildman–Crippen MR) is 89.4 cm³/mol. The van der Waals surface area contributed by atoms with Gasteiger partial charge in [0.15, 0.2) is 0 Å². The Kier molecular flexibility index (Phi) is 3.80. The number of aryl methyl sites for hydroxylation is 2. The van der Waals surface area contributed by atoms with Gasteiger partial charge in [-0.25, -0.2) is 4.39 Å². The van der Waals surface area contributed by atoms with E-state index in [2.05, 4.69) is 15.5 Å². The number of nitrogens with zero attached hydrogens (tertiary/aromatic N) is 2. The van der Waals surface area contributed by atoms with E-state index in [9.17, 15) is 9.18 Å². The topological polar surface area (TPSA) is 68.0 Å². The van der Waals surface area contributed by atoms with Crippen molar-refractivity contribution in [3.05, 3.63) is 70.9 Å². The molecule has 1 aliphatic carbocycles. The van der Waals surface area contributed by atoms with Gasteiger partial charge in [-0.05, 0) is 54.3 Å². The molecule has 1 heterocycles. The molecule has 0 spiro atoms. The first kappa shape index (κ1) is 15.5. The zero-order valence-corrected chi connectivity index (χ0v) is 13.6. The molecule has 0 fully saturated rings. The lowest BCUT2D eigenvalue weighted by Crippen LogP contribution is -2.27. The van der Waals surface area contributed by atoms with Crippen LogP contribution in [0.2, 0.25) is 0 Å². The Morgan fingerprint density at radius 2 is 2.12 bits per heavy atom. The van der Waals surface area contributed by atoms with Crippen LogP contribution in [-0.2, 0) is 6.42 Å². The highest BCUT2D eigenvalue weighted by Crippen LogP contribution is 2.32. The molecule has 25 heavy (non-hydrogen) atoms. The van der Waals surface area contributed by atoms with Gasteiger partial charge >= 0.3 is 0 Å². The summed E-state index contributed by atoms with van der Waals surface area (Å²) in [4.78, 5) is 12.6. The highest BCUT2D eigenvalue weighted by molar-refractivity contribution is 5.95. The molecule has 5 nitrogen and oxygen atoms in total. The largest absolute Gasteiger partial charge is 0.421 e. The number of carbonyl (C=O) groups is 1. The quantitative estimate of drug-likeness (QED) is 0.793. The summed E-state index contributed by atoms with van der Waals surface area (Å²) in [6.07, 6.45) is 1.61. The van der Waals surface area contributed by atoms with Gasteiger partial charge in [0.05, 0.1) is 6.04 Å². The second-order valence-corrected chi connectivity index (χ2v) is 6.11. The van der Waals surface area contributed by atoms with Crippen LogP contribution >= 0.6 is 0 Å². The lowest BCUT2D eigenvalue weighted by Gasteiger charge is -2.14. The third kappa shape index (κ3) is 3.03. The number of nitrogens with one attached hydrogen (secondary N) is 1. The molecule has 1 N–H and O–H groups in total. The first-order valence-electron chi connectivity index (χ1n) is 8.10. The average molecular weight is 337 g/mol. The van der Waals surface area contributed by atoms with Crippen LogP contribution in [0, 0.1) is 12.7 Å². The highest BCUT2D eigenvalue weighted by Gasteiger charge is 2.25. The van der Waals surface area contributed by atoms with E-state index in [-0.39, 0.29) is 17.8 Å². The molecule has 0 radical (unpaired) electrons. The summed E-state index contributed by atoms with van der Waals surface area (Å²) in [5, 5.41) is 10.8. The van der Waals surface area contributed by atoms with Crippen LogP contribution in [0.25, 0.3) is 11.5 Å². The number of halogens is 1. The van der Waals surface area contributed by atoms with Crippen molar-refractivity contribution in [2.75, 3.05) is 0 Å². The molecule has 1 aromatic heterocycles. The van der Waals surface area contributed by atoms with Crippen LogP contribution in [0.4, 0.5) is 4.39 Å². The maximum Gasteiger partial charge on any atom is 0.251 e. The third-order valence-electron chi connectivity index (χ3n) is 4.39. The van der Waals surface area contributed by atoms with Crippen LogP contribution < -0.4 is 5.32 Å². The molecule has 3 aromatic rings. The fourth-order valence-electron chi connectivity index (χ4n) is 3.17. The number of carbonyl (C=O) groups excluding carboxylic acids is 1. The predicted octanol–water partition coefficient (Wildman–Crippen LogP) is 3.60. The molecule has 126 valence electrons. The fraction of sp³-hybridized carbons (Fsp3) is 0.211. The maximum atomic E-state index is 13.5. The minimum atomic E-state index is -0.284. The smallest absolute Gasteiger partial charge is 0.251 e. The van der Waals surface area contributed by atoms with E-state index in [4.69, 9.17) is 4.42 Å². The molecule has 0 bridgehead atoms. The van der Waals surface area contributed by atoms with Crippen LogP contribution in [-0.4, -0.2) is 16.1 Å². The van der Waals surface area contributed by atoms with Gasteiger partial charge in [-0.2, -0.15) is 0 Å². The summed E-state index contributed by atoms with van der Waals surface area (Å²) in [6, 6.07) is 11.6. The Morgan fingerprint density at radius 1 is 1.24 bits per heavy atom. The normalized spacial score (nSPS) is 15.8. The number of fused-ring (bicyclic) bond motifs is 1. The van der Waals surface area contributed by atoms with Crippen molar-refractivity contribution in [2.45, 2.75) is 25.8 Å². The lowest BCUT2D eigenvalue weighted by molar-refractivity contribution is 0.0936. The van der Waals surface area contributed by atoms with Crippen LogP contribution in [0.1, 0.15) is 39.8 Å². The van der Waals surface area contributed by atoms with Gasteiger partial charge in [-0.1, -0.05) is 12.1 Å². The molecular formula is C19H16FN3O2. The van der Waals surface area contributed by atoms with Crippen molar-refractivity contribution in [3.8, 4) is 11.5 Å². The van der Waals surface area contributed by atoms with Crippen molar-refractivity contribution in [1.29, 1.82) is 0 Å². The second-order valence-electron chi connectivity index (χ2n) is 6.11. The number of amides is 1. The molecule has 0 saturated carbocycles. The molecule has 0 saturated heterocycles. The summed E-state index contributed by atoms with van der Waals surface area (Å²) >= 11 is 0. The molecule has 0 aliphatic heterocycles. The average Bonchev–Trinajstić information content (AvgIpc) is 3.21. The summed E-state index contributed by atoms with van der Waals surface area (Å²) in [5.41, 5.74) is 3.13. The minimum absolute atomic E-state index is 0.174. The number of aromatic nitrogens is 2. The van der Waals surface area contributed by atoms with Gasteiger partial charge in [-0.3, -0.25) is 4.79 Å². The van der Waals surface area contributed by atoms with E-state index >= 15 is 0 Å². The minimum Gasteiger partial charge on any atom is -0.421 e. The molecule has 1 amide bonds. The fourth-order valence-corrected chi connectivity index (χ4v) is 3.17. The lowest BCUT2D eigenvalue weighted by atomic mass is 10.1. The van der Waals surface area contributed by atoms with Crippen molar-refractivity contribution < 1.29 is 13.6 Å². The number of hydrogen-bond acceptors (Lipinski definition) is 4. The van der Waals surface area contributed by atoms with Gasteiger partial charge in [-0.15, -0.1) is 10.2 Å². The Hall–Kier alpha value is -3.02. The van der Waals surface area contributed by atoms with Crippen molar-refractivity contribution in [2.24, 2.45) is 0 Å². The van der Waals surface area contributed by atoms with E-state index in [1.54, 1.807) is 31.2 Å². The molecule has 1 aliphatic rings. The van der Waals surface area contributed by atoms with Gasteiger partial charge < -0.3 is 9.73 Å². The van der Waals surface area contributed by atoms with Gasteiger partial charge in [0.25, 0.3) is 5.91 Å². The van der Waals surface area contributed by atoms with Crippen molar-refractivity contribution in [1.82, 2.24) is 15.5 Å². The number of hydrogen-bond donors (Lipinski definition) is 1. The monoisotopic (exact) mass is 337 g/mol. The molecule has 2 aromatic carbocycles. The molecule has 4 rings (SSSR count). The Bertz CT molecular complexity index is 951. The van der Waals surface area contributed by atoms with E-state index < -0.39 is 0 Å². The van der Waals surface area contributed by atoms with Crippen molar-refractivity contribution in [3.63, 3.8) is 0 Å². The van der Waals surface area contributed by atoms with Crippen LogP contribution in [0.15, 0.2) is 46.9 Å². The Morgan fingerprint density at radius 3 is 2.92 bits per heavy atom. The van der Waals surface area contributed by atoms with Crippen molar-refractivity contribution >= 4 is 5.91 Å². The Labute approximate surface area is 143 Å². The van der Waals surface area contributed by atoms with Gasteiger partial charge in [0, 0.05) is 18.1 Å². The maximum absolute atomic E-state index is 13.5. The zero-order chi connectivity index (χ0) is 17.4. The summed E-state index contributed by atoms with van der Waals surface area (Å²) < 4.78 is 18.9. The number of rotatable bonds is 3. The SMILES string of the molecule is Cc1nnc(-c2cccc(C(=O)N[C@@H]3CCc4ccc(F)cc43)c2)o1. The summed E-state index contributed by atoms with van der Waals surface area (Å²) in [6.45, 7) is 1.71. The molecule has 0 unspecified atom stereocenters. The second kappa shape index (κ2) is 6.12. The molecule has 1 atom stereocenters. The van der Waals surface area contributed by atoms with E-state index in [0.29, 0.717) is 22.9 Å². The zero-order valence-electron chi connectivity index (χ0n) is 13.6. The highest BCUT2D eigenvalue weighted by atomic mass is 19.1. The standard InChI is InChI=1S/C19H16FN3O2/c1-11-22-23-19(25-11)14-4-2-3-13(9-14)18(24)21-17-8-6-12-5-7-15(20)10-16(12)17/h2-5,7,9-10,17H,6,8H2,1H3,(H,21,24)/t17-/m1/s1. The molecule has 6 heteroatoms.